The van der Waals surface area contributed by atoms with Crippen molar-refractivity contribution in [3.8, 4) is 6.07 Å². The van der Waals surface area contributed by atoms with Crippen molar-refractivity contribution >= 4 is 40.2 Å². The topological polar surface area (TPSA) is 89.3 Å². The van der Waals surface area contributed by atoms with Gasteiger partial charge in [0.15, 0.2) is 6.17 Å². The summed E-state index contributed by atoms with van der Waals surface area (Å²) in [6.45, 7) is 0.100. The van der Waals surface area contributed by atoms with Crippen LogP contribution >= 0.6 is 11.8 Å². The molecule has 0 bridgehead atoms. The van der Waals surface area contributed by atoms with Crippen LogP contribution in [0.25, 0.3) is 10.9 Å². The normalized spacial score (nSPS) is 19.7. The number of amides is 2. The van der Waals surface area contributed by atoms with Gasteiger partial charge in [-0.15, -0.1) is 11.8 Å². The van der Waals surface area contributed by atoms with Crippen LogP contribution in [0.4, 0.5) is 18.9 Å². The number of aromatic nitrogens is 1. The van der Waals surface area contributed by atoms with E-state index in [1.807, 2.05) is 0 Å². The highest BCUT2D eigenvalue weighted by atomic mass is 32.2. The summed E-state index contributed by atoms with van der Waals surface area (Å²) < 4.78 is 38.6. The monoisotopic (exact) mass is 463 g/mol. The van der Waals surface area contributed by atoms with E-state index in [0.29, 0.717) is 33.8 Å². The maximum absolute atomic E-state index is 13.5. The number of thioether (sulfide) groups is 1. The predicted molar refractivity (Wildman–Crippen MR) is 114 cm³/mol. The van der Waals surface area contributed by atoms with E-state index >= 15 is 0 Å². The van der Waals surface area contributed by atoms with Crippen LogP contribution in [0.1, 0.15) is 10.4 Å². The third-order valence-electron chi connectivity index (χ3n) is 5.69. The Labute approximate surface area is 186 Å². The maximum Gasteiger partial charge on any atom is 0.269 e. The van der Waals surface area contributed by atoms with Crippen molar-refractivity contribution in [1.29, 1.82) is 5.26 Å². The van der Waals surface area contributed by atoms with Crippen LogP contribution in [-0.2, 0) is 4.79 Å². The third kappa shape index (κ3) is 4.32. The molecule has 0 saturated carbocycles. The minimum atomic E-state index is -3.00. The molecule has 2 aliphatic rings. The zero-order chi connectivity index (χ0) is 22.8. The SMILES string of the molecule is N#CC1CSCN1C(=O)CNC(=O)c1ccnc2ccc(N3CC(C(F)C(F)F)C3)cc12. The zero-order valence-electron chi connectivity index (χ0n) is 16.9. The second-order valence-electron chi connectivity index (χ2n) is 7.69. The first-order valence-corrected chi connectivity index (χ1v) is 11.2. The van der Waals surface area contributed by atoms with E-state index in [9.17, 15) is 22.8 Å². The van der Waals surface area contributed by atoms with E-state index < -0.39 is 30.5 Å². The highest BCUT2D eigenvalue weighted by molar-refractivity contribution is 7.99. The second kappa shape index (κ2) is 9.24. The number of nitrogens with one attached hydrogen (secondary N) is 1. The standard InChI is InChI=1S/C21H20F3N5O2S/c22-19(20(23)24)12-8-28(9-12)13-1-2-17-16(5-13)15(3-4-26-17)21(31)27-7-18(30)29-11-32-10-14(29)6-25/h1-5,12,14,19-20H,7-11H2,(H,27,31). The number of nitriles is 1. The quantitative estimate of drug-likeness (QED) is 0.708. The Morgan fingerprint density at radius 1 is 1.28 bits per heavy atom. The lowest BCUT2D eigenvalue weighted by molar-refractivity contribution is -0.129. The number of nitrogens with zero attached hydrogens (tertiary/aromatic N) is 4. The van der Waals surface area contributed by atoms with Gasteiger partial charge < -0.3 is 15.1 Å². The Morgan fingerprint density at radius 2 is 2.06 bits per heavy atom. The summed E-state index contributed by atoms with van der Waals surface area (Å²) >= 11 is 1.48. The summed E-state index contributed by atoms with van der Waals surface area (Å²) in [5.74, 6) is -0.566. The number of halogens is 3. The molecule has 1 aromatic carbocycles. The first-order valence-electron chi connectivity index (χ1n) is 10.00. The summed E-state index contributed by atoms with van der Waals surface area (Å²) in [4.78, 5) is 32.6. The summed E-state index contributed by atoms with van der Waals surface area (Å²) in [6, 6.07) is 8.28. The van der Waals surface area contributed by atoms with Crippen LogP contribution in [0.15, 0.2) is 30.5 Å². The summed E-state index contributed by atoms with van der Waals surface area (Å²) in [6.07, 6.45) is -3.66. The number of alkyl halides is 3. The van der Waals surface area contributed by atoms with E-state index in [0.717, 1.165) is 0 Å². The largest absolute Gasteiger partial charge is 0.371 e. The fourth-order valence-electron chi connectivity index (χ4n) is 3.81. The van der Waals surface area contributed by atoms with E-state index in [4.69, 9.17) is 5.26 Å². The lowest BCUT2D eigenvalue weighted by Gasteiger charge is -2.42. The highest BCUT2D eigenvalue weighted by Crippen LogP contribution is 2.32. The van der Waals surface area contributed by atoms with Crippen LogP contribution in [0, 0.1) is 17.2 Å². The lowest BCUT2D eigenvalue weighted by atomic mass is 9.93. The average Bonchev–Trinajstić information content (AvgIpc) is 3.24. The molecule has 2 fully saturated rings. The molecule has 1 N–H and O–H groups in total. The molecule has 32 heavy (non-hydrogen) atoms. The number of rotatable bonds is 6. The minimum absolute atomic E-state index is 0.168. The molecule has 0 radical (unpaired) electrons. The van der Waals surface area contributed by atoms with E-state index in [2.05, 4.69) is 16.4 Å². The zero-order valence-corrected chi connectivity index (χ0v) is 17.7. The second-order valence-corrected chi connectivity index (χ2v) is 8.69. The fourth-order valence-corrected chi connectivity index (χ4v) is 4.91. The van der Waals surface area contributed by atoms with Gasteiger partial charge in [-0.2, -0.15) is 5.26 Å². The van der Waals surface area contributed by atoms with Crippen molar-refractivity contribution in [2.24, 2.45) is 5.92 Å². The van der Waals surface area contributed by atoms with Crippen molar-refractivity contribution in [3.05, 3.63) is 36.0 Å². The van der Waals surface area contributed by atoms with Crippen molar-refractivity contribution in [3.63, 3.8) is 0 Å². The first kappa shape index (κ1) is 22.2. The number of fused-ring (bicyclic) bond motifs is 1. The van der Waals surface area contributed by atoms with Crippen molar-refractivity contribution in [2.75, 3.05) is 36.2 Å². The van der Waals surface area contributed by atoms with E-state index in [1.165, 1.54) is 28.9 Å². The Morgan fingerprint density at radius 3 is 2.78 bits per heavy atom. The highest BCUT2D eigenvalue weighted by Gasteiger charge is 2.38. The Balaban J connectivity index is 1.46. The number of benzene rings is 1. The molecule has 2 aliphatic heterocycles. The third-order valence-corrected chi connectivity index (χ3v) is 6.70. The maximum atomic E-state index is 13.5. The number of anilines is 1. The van der Waals surface area contributed by atoms with Crippen LogP contribution in [0.5, 0.6) is 0 Å². The molecule has 4 rings (SSSR count). The molecule has 2 aromatic rings. The molecule has 0 spiro atoms. The minimum Gasteiger partial charge on any atom is -0.371 e. The van der Waals surface area contributed by atoms with Crippen LogP contribution in [0.3, 0.4) is 0 Å². The molecule has 2 saturated heterocycles. The number of hydrogen-bond acceptors (Lipinski definition) is 6. The van der Waals surface area contributed by atoms with Gasteiger partial charge in [0.05, 0.1) is 29.6 Å². The van der Waals surface area contributed by atoms with Gasteiger partial charge in [-0.1, -0.05) is 0 Å². The van der Waals surface area contributed by atoms with Gasteiger partial charge in [0.1, 0.15) is 6.04 Å². The number of hydrogen-bond donors (Lipinski definition) is 1. The predicted octanol–water partition coefficient (Wildman–Crippen LogP) is 2.43. The van der Waals surface area contributed by atoms with Crippen molar-refractivity contribution < 1.29 is 22.8 Å². The van der Waals surface area contributed by atoms with Gasteiger partial charge >= 0.3 is 0 Å². The summed E-state index contributed by atoms with van der Waals surface area (Å²) in [5.41, 5.74) is 1.55. The molecule has 2 unspecified atom stereocenters. The summed E-state index contributed by atoms with van der Waals surface area (Å²) in [5, 5.41) is 12.3. The number of pyridine rings is 1. The van der Waals surface area contributed by atoms with Crippen LogP contribution in [-0.4, -0.2) is 71.6 Å². The van der Waals surface area contributed by atoms with Gasteiger partial charge in [0.25, 0.3) is 12.3 Å². The first-order chi connectivity index (χ1) is 15.4. The van der Waals surface area contributed by atoms with Crippen LogP contribution < -0.4 is 10.2 Å². The molecule has 2 amide bonds. The Kier molecular flexibility index (Phi) is 6.41. The number of carbonyl (C=O) groups excluding carboxylic acids is 2. The Hall–Kier alpha value is -3.00. The van der Waals surface area contributed by atoms with Gasteiger partial charge in [0, 0.05) is 42.0 Å². The molecule has 2 atom stereocenters. The smallest absolute Gasteiger partial charge is 0.269 e. The van der Waals surface area contributed by atoms with Gasteiger partial charge in [-0.25, -0.2) is 13.2 Å². The molecule has 3 heterocycles. The number of carbonyl (C=O) groups is 2. The van der Waals surface area contributed by atoms with Crippen molar-refractivity contribution in [1.82, 2.24) is 15.2 Å². The molecule has 1 aromatic heterocycles. The van der Waals surface area contributed by atoms with Gasteiger partial charge in [-0.3, -0.25) is 14.6 Å². The average molecular weight is 463 g/mol. The van der Waals surface area contributed by atoms with Gasteiger partial charge in [0.2, 0.25) is 5.91 Å². The Bertz CT molecular complexity index is 1070. The molecule has 0 aliphatic carbocycles. The fraction of sp³-hybridized carbons (Fsp3) is 0.429. The van der Waals surface area contributed by atoms with Gasteiger partial charge in [-0.05, 0) is 24.3 Å². The van der Waals surface area contributed by atoms with E-state index in [1.54, 1.807) is 23.1 Å². The molecular formula is C21H20F3N5O2S. The molecular weight excluding hydrogens is 443 g/mol. The lowest BCUT2D eigenvalue weighted by Crippen LogP contribution is -2.52. The van der Waals surface area contributed by atoms with Crippen molar-refractivity contribution in [2.45, 2.75) is 18.6 Å². The molecule has 11 heteroatoms. The molecule has 168 valence electrons. The van der Waals surface area contributed by atoms with Crippen LogP contribution in [0.2, 0.25) is 0 Å². The van der Waals surface area contributed by atoms with E-state index in [-0.39, 0.29) is 25.5 Å². The summed E-state index contributed by atoms with van der Waals surface area (Å²) in [7, 11) is 0. The molecule has 7 nitrogen and oxygen atoms in total.